The molecule has 0 bridgehead atoms. The molecule has 7 heteroatoms. The third-order valence-corrected chi connectivity index (χ3v) is 4.55. The van der Waals surface area contributed by atoms with Crippen LogP contribution in [0.4, 0.5) is 10.5 Å². The summed E-state index contributed by atoms with van der Waals surface area (Å²) in [5, 5.41) is 2.58. The van der Waals surface area contributed by atoms with E-state index in [0.717, 1.165) is 19.3 Å². The number of carbonyl (C=O) groups is 3. The molecule has 1 aliphatic heterocycles. The number of carbonyl (C=O) groups excluding carboxylic acids is 3. The molecule has 2 amide bonds. The van der Waals surface area contributed by atoms with Gasteiger partial charge in [0, 0.05) is 17.8 Å². The van der Waals surface area contributed by atoms with Crippen molar-refractivity contribution in [1.29, 1.82) is 0 Å². The predicted octanol–water partition coefficient (Wildman–Crippen LogP) is 3.98. The lowest BCUT2D eigenvalue weighted by Gasteiger charge is -2.38. The Kier molecular flexibility index (Phi) is 7.05. The van der Waals surface area contributed by atoms with Crippen molar-refractivity contribution < 1.29 is 23.9 Å². The van der Waals surface area contributed by atoms with E-state index in [4.69, 9.17) is 9.47 Å². The summed E-state index contributed by atoms with van der Waals surface area (Å²) < 4.78 is 10.4. The van der Waals surface area contributed by atoms with Gasteiger partial charge in [-0.3, -0.25) is 10.1 Å². The summed E-state index contributed by atoms with van der Waals surface area (Å²) in [5.74, 6) is -0.797. The minimum Gasteiger partial charge on any atom is -0.452 e. The Bertz CT molecular complexity index is 716. The van der Waals surface area contributed by atoms with E-state index >= 15 is 0 Å². The zero-order valence-corrected chi connectivity index (χ0v) is 17.3. The van der Waals surface area contributed by atoms with Gasteiger partial charge in [0.05, 0.1) is 5.56 Å². The minimum absolute atomic E-state index is 0.149. The third-order valence-electron chi connectivity index (χ3n) is 4.55. The SMILES string of the molecule is C[C@H]1CCC[C@H](C)N1C(=O)COC(=O)c1cccc(NC(=O)OC(C)(C)C)c1. The standard InChI is InChI=1S/C21H30N2O5/c1-14-8-6-9-15(2)23(14)18(24)13-27-19(25)16-10-7-11-17(12-16)22-20(26)28-21(3,4)5/h7,10-12,14-15H,6,8-9,13H2,1-5H3,(H,22,26)/t14-,15-/m0/s1. The van der Waals surface area contributed by atoms with Crippen molar-refractivity contribution in [3.05, 3.63) is 29.8 Å². The van der Waals surface area contributed by atoms with Crippen molar-refractivity contribution in [3.8, 4) is 0 Å². The van der Waals surface area contributed by atoms with Crippen LogP contribution in [-0.2, 0) is 14.3 Å². The highest BCUT2D eigenvalue weighted by atomic mass is 16.6. The van der Waals surface area contributed by atoms with Crippen molar-refractivity contribution in [2.45, 2.75) is 71.6 Å². The van der Waals surface area contributed by atoms with E-state index in [1.165, 1.54) is 6.07 Å². The molecule has 0 saturated carbocycles. The zero-order valence-electron chi connectivity index (χ0n) is 17.3. The molecule has 0 aliphatic carbocycles. The van der Waals surface area contributed by atoms with E-state index < -0.39 is 17.7 Å². The van der Waals surface area contributed by atoms with Crippen LogP contribution >= 0.6 is 0 Å². The molecule has 0 radical (unpaired) electrons. The van der Waals surface area contributed by atoms with Gasteiger partial charge < -0.3 is 14.4 Å². The van der Waals surface area contributed by atoms with Crippen LogP contribution in [0.15, 0.2) is 24.3 Å². The van der Waals surface area contributed by atoms with Gasteiger partial charge >= 0.3 is 12.1 Å². The first-order valence-electron chi connectivity index (χ1n) is 9.65. The summed E-state index contributed by atoms with van der Waals surface area (Å²) >= 11 is 0. The second-order valence-electron chi connectivity index (χ2n) is 8.21. The number of piperidine rings is 1. The Morgan fingerprint density at radius 3 is 2.39 bits per heavy atom. The Hall–Kier alpha value is -2.57. The van der Waals surface area contributed by atoms with Crippen LogP contribution in [0.25, 0.3) is 0 Å². The van der Waals surface area contributed by atoms with E-state index in [1.807, 2.05) is 13.8 Å². The summed E-state index contributed by atoms with van der Waals surface area (Å²) in [5.41, 5.74) is 0.0402. The molecule has 1 N–H and O–H groups in total. The summed E-state index contributed by atoms with van der Waals surface area (Å²) in [4.78, 5) is 38.5. The van der Waals surface area contributed by atoms with Crippen molar-refractivity contribution in [3.63, 3.8) is 0 Å². The lowest BCUT2D eigenvalue weighted by Crippen LogP contribution is -2.49. The maximum Gasteiger partial charge on any atom is 0.412 e. The highest BCUT2D eigenvalue weighted by molar-refractivity contribution is 5.94. The summed E-state index contributed by atoms with van der Waals surface area (Å²) in [6.45, 7) is 9.03. The van der Waals surface area contributed by atoms with E-state index in [9.17, 15) is 14.4 Å². The van der Waals surface area contributed by atoms with Gasteiger partial charge in [0.2, 0.25) is 0 Å². The fourth-order valence-corrected chi connectivity index (χ4v) is 3.34. The molecule has 2 rings (SSSR count). The lowest BCUT2D eigenvalue weighted by atomic mass is 9.97. The van der Waals surface area contributed by atoms with Crippen molar-refractivity contribution in [1.82, 2.24) is 4.90 Å². The third kappa shape index (κ3) is 6.25. The number of benzene rings is 1. The molecule has 0 unspecified atom stereocenters. The van der Waals surface area contributed by atoms with Crippen LogP contribution in [-0.4, -0.2) is 47.2 Å². The van der Waals surface area contributed by atoms with Gasteiger partial charge in [-0.25, -0.2) is 9.59 Å². The first kappa shape index (κ1) is 21.7. The average Bonchev–Trinajstić information content (AvgIpc) is 2.58. The number of likely N-dealkylation sites (tertiary alicyclic amines) is 1. The number of nitrogens with one attached hydrogen (secondary N) is 1. The smallest absolute Gasteiger partial charge is 0.412 e. The van der Waals surface area contributed by atoms with Gasteiger partial charge in [-0.05, 0) is 72.1 Å². The van der Waals surface area contributed by atoms with E-state index in [2.05, 4.69) is 5.32 Å². The molecule has 1 fully saturated rings. The number of esters is 1. The number of amides is 2. The molecule has 154 valence electrons. The predicted molar refractivity (Wildman–Crippen MR) is 106 cm³/mol. The van der Waals surface area contributed by atoms with Gasteiger partial charge in [0.25, 0.3) is 5.91 Å². The summed E-state index contributed by atoms with van der Waals surface area (Å²) in [7, 11) is 0. The summed E-state index contributed by atoms with van der Waals surface area (Å²) in [6, 6.07) is 6.62. The fourth-order valence-electron chi connectivity index (χ4n) is 3.34. The lowest BCUT2D eigenvalue weighted by molar-refractivity contribution is -0.140. The van der Waals surface area contributed by atoms with Gasteiger partial charge in [-0.15, -0.1) is 0 Å². The number of hydrogen-bond acceptors (Lipinski definition) is 5. The molecule has 1 aromatic carbocycles. The molecule has 1 heterocycles. The van der Waals surface area contributed by atoms with E-state index in [0.29, 0.717) is 5.69 Å². The maximum atomic E-state index is 12.5. The van der Waals surface area contributed by atoms with Crippen LogP contribution in [0.5, 0.6) is 0 Å². The van der Waals surface area contributed by atoms with Crippen LogP contribution in [0, 0.1) is 0 Å². The zero-order chi connectivity index (χ0) is 20.9. The molecule has 0 spiro atoms. The van der Waals surface area contributed by atoms with Crippen LogP contribution in [0.1, 0.15) is 64.2 Å². The largest absolute Gasteiger partial charge is 0.452 e. The molecular formula is C21H30N2O5. The first-order chi connectivity index (χ1) is 13.1. The number of ether oxygens (including phenoxy) is 2. The van der Waals surface area contributed by atoms with Crippen molar-refractivity contribution >= 4 is 23.7 Å². The molecule has 7 nitrogen and oxygen atoms in total. The second-order valence-corrected chi connectivity index (χ2v) is 8.21. The fraction of sp³-hybridized carbons (Fsp3) is 0.571. The number of rotatable bonds is 4. The first-order valence-corrected chi connectivity index (χ1v) is 9.65. The second kappa shape index (κ2) is 9.08. The highest BCUT2D eigenvalue weighted by Crippen LogP contribution is 2.22. The number of hydrogen-bond donors (Lipinski definition) is 1. The highest BCUT2D eigenvalue weighted by Gasteiger charge is 2.29. The Morgan fingerprint density at radius 1 is 1.14 bits per heavy atom. The monoisotopic (exact) mass is 390 g/mol. The Balaban J connectivity index is 1.93. The number of anilines is 1. The van der Waals surface area contributed by atoms with Crippen molar-refractivity contribution in [2.75, 3.05) is 11.9 Å². The van der Waals surface area contributed by atoms with Gasteiger partial charge in [-0.2, -0.15) is 0 Å². The molecule has 1 saturated heterocycles. The van der Waals surface area contributed by atoms with E-state index in [1.54, 1.807) is 43.9 Å². The maximum absolute atomic E-state index is 12.5. The van der Waals surface area contributed by atoms with Gasteiger partial charge in [0.1, 0.15) is 5.60 Å². The summed E-state index contributed by atoms with van der Waals surface area (Å²) in [6.07, 6.45) is 2.41. The van der Waals surface area contributed by atoms with Crippen LogP contribution < -0.4 is 5.32 Å². The topological polar surface area (TPSA) is 84.9 Å². The van der Waals surface area contributed by atoms with Gasteiger partial charge in [-0.1, -0.05) is 6.07 Å². The molecule has 28 heavy (non-hydrogen) atoms. The van der Waals surface area contributed by atoms with Crippen LogP contribution in [0.3, 0.4) is 0 Å². The molecule has 0 aromatic heterocycles. The van der Waals surface area contributed by atoms with Gasteiger partial charge in [0.15, 0.2) is 6.61 Å². The van der Waals surface area contributed by atoms with Crippen molar-refractivity contribution in [2.24, 2.45) is 0 Å². The average molecular weight is 390 g/mol. The Morgan fingerprint density at radius 2 is 1.79 bits per heavy atom. The molecular weight excluding hydrogens is 360 g/mol. The normalized spacial score (nSPS) is 19.7. The molecule has 2 atom stereocenters. The number of nitrogens with zero attached hydrogens (tertiary/aromatic N) is 1. The molecule has 1 aliphatic rings. The quantitative estimate of drug-likeness (QED) is 0.786. The van der Waals surface area contributed by atoms with E-state index in [-0.39, 0.29) is 30.2 Å². The van der Waals surface area contributed by atoms with Crippen LogP contribution in [0.2, 0.25) is 0 Å². The molecule has 1 aromatic rings. The minimum atomic E-state index is -0.621. The Labute approximate surface area is 166 Å².